The van der Waals surface area contributed by atoms with E-state index in [2.05, 4.69) is 26.3 Å². The summed E-state index contributed by atoms with van der Waals surface area (Å²) in [6.45, 7) is 1.72. The summed E-state index contributed by atoms with van der Waals surface area (Å²) in [5.74, 6) is -0.249. The minimum atomic E-state index is -1.82. The molecule has 1 unspecified atom stereocenters. The molecule has 0 fully saturated rings. The standard InChI is InChI=1S/C13H13BrN4O2/c1-6-10(11(15)18(2)17-6)13(20)8-5-7(14)3-4-9(8)16-12(13)19/h3-5,20H,15H2,1-2H3,(H,16,19). The lowest BCUT2D eigenvalue weighted by Gasteiger charge is -2.21. The molecule has 2 heterocycles. The normalized spacial score (nSPS) is 20.9. The molecule has 1 atom stereocenters. The molecular formula is C13H13BrN4O2. The molecule has 0 spiro atoms. The SMILES string of the molecule is Cc1nn(C)c(N)c1C1(O)C(=O)Nc2ccc(Br)cc21. The zero-order valence-electron chi connectivity index (χ0n) is 10.9. The second-order valence-electron chi connectivity index (χ2n) is 4.82. The molecule has 1 aromatic heterocycles. The summed E-state index contributed by atoms with van der Waals surface area (Å²) in [4.78, 5) is 12.3. The second kappa shape index (κ2) is 4.07. The third-order valence-corrected chi connectivity index (χ3v) is 4.07. The predicted octanol–water partition coefficient (Wildman–Crippen LogP) is 1.26. The number of nitrogens with zero attached hydrogens (tertiary/aromatic N) is 2. The van der Waals surface area contributed by atoms with Crippen LogP contribution in [0.3, 0.4) is 0 Å². The Hall–Kier alpha value is -1.86. The molecule has 104 valence electrons. The number of halogens is 1. The monoisotopic (exact) mass is 336 g/mol. The predicted molar refractivity (Wildman–Crippen MR) is 78.1 cm³/mol. The Balaban J connectivity index is 2.32. The van der Waals surface area contributed by atoms with Gasteiger partial charge in [-0.2, -0.15) is 5.10 Å². The first kappa shape index (κ1) is 13.1. The summed E-state index contributed by atoms with van der Waals surface area (Å²) >= 11 is 3.35. The van der Waals surface area contributed by atoms with Gasteiger partial charge in [-0.15, -0.1) is 0 Å². The Morgan fingerprint density at radius 3 is 2.80 bits per heavy atom. The summed E-state index contributed by atoms with van der Waals surface area (Å²) in [7, 11) is 1.67. The van der Waals surface area contributed by atoms with Crippen molar-refractivity contribution < 1.29 is 9.90 Å². The van der Waals surface area contributed by atoms with Gasteiger partial charge in [0.1, 0.15) is 5.82 Å². The third kappa shape index (κ3) is 1.53. The molecule has 6 nitrogen and oxygen atoms in total. The number of hydrogen-bond acceptors (Lipinski definition) is 4. The molecule has 0 bridgehead atoms. The molecule has 0 saturated heterocycles. The smallest absolute Gasteiger partial charge is 0.266 e. The van der Waals surface area contributed by atoms with Gasteiger partial charge in [-0.1, -0.05) is 15.9 Å². The van der Waals surface area contributed by atoms with Gasteiger partial charge in [0.15, 0.2) is 0 Å². The highest BCUT2D eigenvalue weighted by atomic mass is 79.9. The average molecular weight is 337 g/mol. The van der Waals surface area contributed by atoms with E-state index in [1.165, 1.54) is 4.68 Å². The number of aryl methyl sites for hydroxylation is 2. The molecule has 1 amide bonds. The molecule has 20 heavy (non-hydrogen) atoms. The van der Waals surface area contributed by atoms with Crippen LogP contribution in [0.2, 0.25) is 0 Å². The van der Waals surface area contributed by atoms with Gasteiger partial charge in [0.05, 0.1) is 11.3 Å². The summed E-state index contributed by atoms with van der Waals surface area (Å²) in [6, 6.07) is 5.24. The molecular weight excluding hydrogens is 324 g/mol. The van der Waals surface area contributed by atoms with Crippen molar-refractivity contribution in [2.24, 2.45) is 7.05 Å². The van der Waals surface area contributed by atoms with E-state index in [0.717, 1.165) is 4.47 Å². The maximum atomic E-state index is 12.3. The summed E-state index contributed by atoms with van der Waals surface area (Å²) in [5, 5.41) is 17.9. The number of amides is 1. The fourth-order valence-electron chi connectivity index (χ4n) is 2.63. The minimum Gasteiger partial charge on any atom is -0.384 e. The number of nitrogen functional groups attached to an aromatic ring is 1. The number of anilines is 2. The quantitative estimate of drug-likeness (QED) is 0.730. The zero-order chi connectivity index (χ0) is 14.7. The van der Waals surface area contributed by atoms with E-state index in [0.29, 0.717) is 22.5 Å². The number of benzene rings is 1. The zero-order valence-corrected chi connectivity index (χ0v) is 12.5. The van der Waals surface area contributed by atoms with Gasteiger partial charge in [0.2, 0.25) is 5.60 Å². The lowest BCUT2D eigenvalue weighted by Crippen LogP contribution is -2.36. The molecule has 4 N–H and O–H groups in total. The maximum absolute atomic E-state index is 12.3. The van der Waals surface area contributed by atoms with E-state index in [1.54, 1.807) is 32.2 Å². The van der Waals surface area contributed by atoms with Crippen molar-refractivity contribution in [1.82, 2.24) is 9.78 Å². The Labute approximate surface area is 123 Å². The Kier molecular flexibility index (Phi) is 2.67. The molecule has 0 radical (unpaired) electrons. The van der Waals surface area contributed by atoms with Gasteiger partial charge < -0.3 is 16.2 Å². The van der Waals surface area contributed by atoms with Crippen LogP contribution in [0.4, 0.5) is 11.5 Å². The van der Waals surface area contributed by atoms with Crippen LogP contribution in [0.15, 0.2) is 22.7 Å². The molecule has 1 aliphatic heterocycles. The molecule has 0 aliphatic carbocycles. The summed E-state index contributed by atoms with van der Waals surface area (Å²) < 4.78 is 2.22. The number of hydrogen-bond donors (Lipinski definition) is 3. The van der Waals surface area contributed by atoms with E-state index in [4.69, 9.17) is 5.73 Å². The van der Waals surface area contributed by atoms with Crippen molar-refractivity contribution in [1.29, 1.82) is 0 Å². The first-order valence-electron chi connectivity index (χ1n) is 5.99. The highest BCUT2D eigenvalue weighted by molar-refractivity contribution is 9.10. The van der Waals surface area contributed by atoms with Gasteiger partial charge in [0.25, 0.3) is 5.91 Å². The van der Waals surface area contributed by atoms with Gasteiger partial charge in [-0.3, -0.25) is 9.48 Å². The van der Waals surface area contributed by atoms with Crippen molar-refractivity contribution in [3.05, 3.63) is 39.5 Å². The first-order chi connectivity index (χ1) is 9.35. The van der Waals surface area contributed by atoms with Crippen LogP contribution in [0.1, 0.15) is 16.8 Å². The number of rotatable bonds is 1. The first-order valence-corrected chi connectivity index (χ1v) is 6.78. The van der Waals surface area contributed by atoms with Crippen LogP contribution in [-0.4, -0.2) is 20.8 Å². The molecule has 3 rings (SSSR count). The minimum absolute atomic E-state index is 0.271. The van der Waals surface area contributed by atoms with Crippen LogP contribution in [-0.2, 0) is 17.4 Å². The van der Waals surface area contributed by atoms with Crippen molar-refractivity contribution in [3.8, 4) is 0 Å². The third-order valence-electron chi connectivity index (χ3n) is 3.58. The van der Waals surface area contributed by atoms with Crippen molar-refractivity contribution in [3.63, 3.8) is 0 Å². The Bertz CT molecular complexity index is 740. The number of nitrogens with two attached hydrogens (primary N) is 1. The Morgan fingerprint density at radius 1 is 1.50 bits per heavy atom. The fourth-order valence-corrected chi connectivity index (χ4v) is 2.99. The molecule has 1 aromatic carbocycles. The highest BCUT2D eigenvalue weighted by Gasteiger charge is 2.50. The van der Waals surface area contributed by atoms with Crippen LogP contribution < -0.4 is 11.1 Å². The number of carbonyl (C=O) groups is 1. The van der Waals surface area contributed by atoms with Crippen LogP contribution in [0, 0.1) is 6.92 Å². The van der Waals surface area contributed by atoms with E-state index < -0.39 is 11.5 Å². The van der Waals surface area contributed by atoms with Crippen LogP contribution >= 0.6 is 15.9 Å². The lowest BCUT2D eigenvalue weighted by molar-refractivity contribution is -0.129. The van der Waals surface area contributed by atoms with Gasteiger partial charge >= 0.3 is 0 Å². The van der Waals surface area contributed by atoms with Crippen molar-refractivity contribution in [2.45, 2.75) is 12.5 Å². The fraction of sp³-hybridized carbons (Fsp3) is 0.231. The number of fused-ring (bicyclic) bond motifs is 1. The average Bonchev–Trinajstić information content (AvgIpc) is 2.77. The van der Waals surface area contributed by atoms with Crippen LogP contribution in [0.5, 0.6) is 0 Å². The van der Waals surface area contributed by atoms with Crippen molar-refractivity contribution >= 4 is 33.3 Å². The van der Waals surface area contributed by atoms with E-state index >= 15 is 0 Å². The molecule has 7 heteroatoms. The number of carbonyl (C=O) groups excluding carboxylic acids is 1. The van der Waals surface area contributed by atoms with E-state index in [1.807, 2.05) is 0 Å². The van der Waals surface area contributed by atoms with E-state index in [9.17, 15) is 9.90 Å². The van der Waals surface area contributed by atoms with Gasteiger partial charge in [-0.05, 0) is 25.1 Å². The largest absolute Gasteiger partial charge is 0.384 e. The lowest BCUT2D eigenvalue weighted by atomic mass is 9.87. The molecule has 1 aliphatic rings. The number of aromatic nitrogens is 2. The van der Waals surface area contributed by atoms with Gasteiger partial charge in [0, 0.05) is 22.8 Å². The van der Waals surface area contributed by atoms with E-state index in [-0.39, 0.29) is 5.82 Å². The summed E-state index contributed by atoms with van der Waals surface area (Å²) in [6.07, 6.45) is 0. The van der Waals surface area contributed by atoms with Crippen molar-refractivity contribution in [2.75, 3.05) is 11.1 Å². The maximum Gasteiger partial charge on any atom is 0.266 e. The second-order valence-corrected chi connectivity index (χ2v) is 5.74. The highest BCUT2D eigenvalue weighted by Crippen LogP contribution is 2.44. The molecule has 0 saturated carbocycles. The molecule has 2 aromatic rings. The number of nitrogens with one attached hydrogen (secondary N) is 1. The Morgan fingerprint density at radius 2 is 2.20 bits per heavy atom. The topological polar surface area (TPSA) is 93.2 Å². The van der Waals surface area contributed by atoms with Crippen LogP contribution in [0.25, 0.3) is 0 Å². The number of aliphatic hydroxyl groups is 1. The van der Waals surface area contributed by atoms with Gasteiger partial charge in [-0.25, -0.2) is 0 Å². The summed E-state index contributed by atoms with van der Waals surface area (Å²) in [5.41, 5.74) is 6.05.